The first-order valence-corrected chi connectivity index (χ1v) is 12.0. The molecule has 170 valence electrons. The molecule has 6 nitrogen and oxygen atoms in total. The Morgan fingerprint density at radius 2 is 1.87 bits per heavy atom. The van der Waals surface area contributed by atoms with E-state index in [1.54, 1.807) is 0 Å². The van der Waals surface area contributed by atoms with Crippen LogP contribution in [0.5, 0.6) is 0 Å². The molecule has 2 aliphatic rings. The predicted molar refractivity (Wildman–Crippen MR) is 126 cm³/mol. The molecule has 2 aliphatic heterocycles. The quantitative estimate of drug-likeness (QED) is 0.683. The fourth-order valence-corrected chi connectivity index (χ4v) is 5.36. The van der Waals surface area contributed by atoms with Crippen molar-refractivity contribution < 1.29 is 5.11 Å². The van der Waals surface area contributed by atoms with Crippen LogP contribution in [-0.4, -0.2) is 87.5 Å². The average Bonchev–Trinajstić information content (AvgIpc) is 3.23. The maximum Gasteiger partial charge on any atom is 0.0695 e. The van der Waals surface area contributed by atoms with Crippen molar-refractivity contribution in [2.24, 2.45) is 0 Å². The molecule has 0 saturated carbocycles. The second-order valence-corrected chi connectivity index (χ2v) is 9.71. The maximum absolute atomic E-state index is 9.73. The second-order valence-electron chi connectivity index (χ2n) is 9.28. The van der Waals surface area contributed by atoms with Crippen LogP contribution >= 0.6 is 11.6 Å². The number of nitrogens with zero attached hydrogens (tertiary/aromatic N) is 4. The number of likely N-dealkylation sites (tertiary alicyclic amines) is 1. The lowest BCUT2D eigenvalue weighted by Gasteiger charge is -2.48. The van der Waals surface area contributed by atoms with Gasteiger partial charge in [-0.25, -0.2) is 0 Å². The molecule has 4 rings (SSSR count). The molecule has 7 heteroatoms. The molecule has 2 N–H and O–H groups in total. The first kappa shape index (κ1) is 22.7. The van der Waals surface area contributed by atoms with E-state index in [0.717, 1.165) is 48.9 Å². The van der Waals surface area contributed by atoms with E-state index in [1.807, 2.05) is 30.5 Å². The third-order valence-corrected chi connectivity index (χ3v) is 7.27. The predicted octanol–water partition coefficient (Wildman–Crippen LogP) is 3.47. The maximum atomic E-state index is 9.73. The van der Waals surface area contributed by atoms with Crippen LogP contribution in [0.1, 0.15) is 38.7 Å². The van der Waals surface area contributed by atoms with Gasteiger partial charge in [0.25, 0.3) is 0 Å². The number of halogens is 1. The Morgan fingerprint density at radius 1 is 1.13 bits per heavy atom. The Labute approximate surface area is 191 Å². The Kier molecular flexibility index (Phi) is 7.67. The van der Waals surface area contributed by atoms with Gasteiger partial charge in [0, 0.05) is 61.5 Å². The Bertz CT molecular complexity index is 816. The molecule has 2 aromatic rings. The van der Waals surface area contributed by atoms with E-state index in [0.29, 0.717) is 18.1 Å². The van der Waals surface area contributed by atoms with Gasteiger partial charge < -0.3 is 10.0 Å². The summed E-state index contributed by atoms with van der Waals surface area (Å²) in [7, 11) is 0. The monoisotopic (exact) mass is 445 g/mol. The molecule has 1 atom stereocenters. The van der Waals surface area contributed by atoms with Crippen molar-refractivity contribution >= 4 is 11.6 Å². The number of aliphatic hydroxyl groups is 1. The van der Waals surface area contributed by atoms with Crippen molar-refractivity contribution in [1.82, 2.24) is 24.9 Å². The van der Waals surface area contributed by atoms with Crippen molar-refractivity contribution in [3.8, 4) is 11.3 Å². The van der Waals surface area contributed by atoms with Gasteiger partial charge in [-0.05, 0) is 63.9 Å². The van der Waals surface area contributed by atoms with E-state index >= 15 is 0 Å². The lowest BCUT2D eigenvalue weighted by molar-refractivity contribution is 0.00000984. The molecule has 0 unspecified atom stereocenters. The highest BCUT2D eigenvalue weighted by Crippen LogP contribution is 2.27. The van der Waals surface area contributed by atoms with Crippen molar-refractivity contribution in [2.75, 3.05) is 39.3 Å². The highest BCUT2D eigenvalue weighted by atomic mass is 35.5. The molecule has 3 heterocycles. The van der Waals surface area contributed by atoms with Crippen LogP contribution < -0.4 is 0 Å². The molecule has 1 aromatic carbocycles. The summed E-state index contributed by atoms with van der Waals surface area (Å²) >= 11 is 6.05. The van der Waals surface area contributed by atoms with Gasteiger partial charge >= 0.3 is 0 Å². The lowest BCUT2D eigenvalue weighted by atomic mass is 9.97. The van der Waals surface area contributed by atoms with Crippen molar-refractivity contribution in [1.29, 1.82) is 0 Å². The molecule has 0 aliphatic carbocycles. The fourth-order valence-electron chi connectivity index (χ4n) is 5.24. The fraction of sp³-hybridized carbons (Fsp3) is 0.625. The molecule has 2 saturated heterocycles. The third-order valence-electron chi connectivity index (χ3n) is 7.02. The van der Waals surface area contributed by atoms with E-state index in [-0.39, 0.29) is 6.61 Å². The van der Waals surface area contributed by atoms with E-state index in [4.69, 9.17) is 11.6 Å². The van der Waals surface area contributed by atoms with Crippen LogP contribution in [0.2, 0.25) is 5.02 Å². The zero-order valence-corrected chi connectivity index (χ0v) is 19.6. The van der Waals surface area contributed by atoms with Crippen LogP contribution in [0, 0.1) is 0 Å². The molecule has 2 fully saturated rings. The zero-order chi connectivity index (χ0) is 21.8. The minimum Gasteiger partial charge on any atom is -0.396 e. The van der Waals surface area contributed by atoms with Gasteiger partial charge in [0.2, 0.25) is 0 Å². The minimum atomic E-state index is 0.252. The lowest BCUT2D eigenvalue weighted by Crippen LogP contribution is -2.58. The Morgan fingerprint density at radius 3 is 2.55 bits per heavy atom. The highest BCUT2D eigenvalue weighted by Gasteiger charge is 2.34. The summed E-state index contributed by atoms with van der Waals surface area (Å²) in [5.41, 5.74) is 3.39. The number of aromatic nitrogens is 2. The Hall–Kier alpha value is -1.44. The van der Waals surface area contributed by atoms with E-state index < -0.39 is 0 Å². The van der Waals surface area contributed by atoms with Crippen LogP contribution in [-0.2, 0) is 6.54 Å². The number of H-pyrrole nitrogens is 1. The van der Waals surface area contributed by atoms with E-state index in [1.165, 1.54) is 31.5 Å². The van der Waals surface area contributed by atoms with E-state index in [2.05, 4.69) is 38.7 Å². The molecule has 0 bridgehead atoms. The summed E-state index contributed by atoms with van der Waals surface area (Å²) in [4.78, 5) is 7.80. The number of rotatable bonds is 7. The molecule has 0 radical (unpaired) electrons. The number of aromatic amines is 1. The summed E-state index contributed by atoms with van der Waals surface area (Å²) < 4.78 is 0. The molecule has 1 aromatic heterocycles. The molecule has 0 spiro atoms. The summed E-state index contributed by atoms with van der Waals surface area (Å²) in [6, 6.07) is 9.61. The number of hydrogen-bond donors (Lipinski definition) is 2. The summed E-state index contributed by atoms with van der Waals surface area (Å²) in [5.74, 6) is 0. The van der Waals surface area contributed by atoms with Crippen LogP contribution in [0.4, 0.5) is 0 Å². The van der Waals surface area contributed by atoms with Gasteiger partial charge in [0.05, 0.1) is 11.9 Å². The van der Waals surface area contributed by atoms with Gasteiger partial charge in [0.1, 0.15) is 0 Å². The second kappa shape index (κ2) is 10.5. The van der Waals surface area contributed by atoms with Gasteiger partial charge in [-0.15, -0.1) is 0 Å². The van der Waals surface area contributed by atoms with Crippen molar-refractivity contribution in [3.63, 3.8) is 0 Å². The molecule has 0 amide bonds. The number of piperazine rings is 1. The number of piperidine rings is 1. The summed E-state index contributed by atoms with van der Waals surface area (Å²) in [5, 5.41) is 17.9. The van der Waals surface area contributed by atoms with Crippen LogP contribution in [0.25, 0.3) is 11.3 Å². The average molecular weight is 446 g/mol. The largest absolute Gasteiger partial charge is 0.396 e. The number of benzene rings is 1. The van der Waals surface area contributed by atoms with Crippen LogP contribution in [0.15, 0.2) is 30.5 Å². The molecular formula is C24H36ClN5O. The normalized spacial score (nSPS) is 22.4. The molecule has 31 heavy (non-hydrogen) atoms. The number of nitrogens with one attached hydrogen (secondary N) is 1. The summed E-state index contributed by atoms with van der Waals surface area (Å²) in [6.45, 7) is 11.2. The van der Waals surface area contributed by atoms with Gasteiger partial charge in [-0.1, -0.05) is 23.7 Å². The number of aliphatic hydroxyl groups excluding tert-OH is 1. The van der Waals surface area contributed by atoms with E-state index in [9.17, 15) is 5.11 Å². The first-order valence-electron chi connectivity index (χ1n) is 11.7. The summed E-state index contributed by atoms with van der Waals surface area (Å²) in [6.07, 6.45) is 5.26. The Balaban J connectivity index is 1.39. The standard InChI is InChI=1S/C24H36ClN5O/c1-18(2)29-10-7-22(8-11-29)30-13-12-28(17-23(30)9-14-31)16-20-15-26-27-24(20)19-3-5-21(25)6-4-19/h3-6,15,18,22-23,31H,7-14,16-17H2,1-2H3,(H,26,27)/t23-/m1/s1. The molecular weight excluding hydrogens is 410 g/mol. The highest BCUT2D eigenvalue weighted by molar-refractivity contribution is 6.30. The third kappa shape index (κ3) is 5.49. The van der Waals surface area contributed by atoms with Gasteiger partial charge in [-0.2, -0.15) is 5.10 Å². The van der Waals surface area contributed by atoms with Crippen LogP contribution in [0.3, 0.4) is 0 Å². The topological polar surface area (TPSA) is 58.6 Å². The van der Waals surface area contributed by atoms with Gasteiger partial charge in [-0.3, -0.25) is 14.9 Å². The zero-order valence-electron chi connectivity index (χ0n) is 18.8. The number of hydrogen-bond acceptors (Lipinski definition) is 5. The smallest absolute Gasteiger partial charge is 0.0695 e. The van der Waals surface area contributed by atoms with Crippen molar-refractivity contribution in [3.05, 3.63) is 41.0 Å². The first-order chi connectivity index (χ1) is 15.0. The minimum absolute atomic E-state index is 0.252. The van der Waals surface area contributed by atoms with Gasteiger partial charge in [0.15, 0.2) is 0 Å². The SMILES string of the molecule is CC(C)N1CCC(N2CCN(Cc3cn[nH]c3-c3ccc(Cl)cc3)C[C@H]2CCO)CC1. The van der Waals surface area contributed by atoms with Crippen molar-refractivity contribution in [2.45, 2.75) is 57.8 Å².